The van der Waals surface area contributed by atoms with Crippen LogP contribution in [0.25, 0.3) is 0 Å². The number of anilines is 1. The van der Waals surface area contributed by atoms with Gasteiger partial charge >= 0.3 is 12.3 Å². The summed E-state index contributed by atoms with van der Waals surface area (Å²) in [7, 11) is 0. The van der Waals surface area contributed by atoms with Crippen LogP contribution in [0.4, 0.5) is 20.2 Å². The zero-order chi connectivity index (χ0) is 11.6. The predicted octanol–water partition coefficient (Wildman–Crippen LogP) is 2.54. The third-order valence-electron chi connectivity index (χ3n) is 1.47. The highest BCUT2D eigenvalue weighted by molar-refractivity contribution is 9.10. The van der Waals surface area contributed by atoms with Gasteiger partial charge in [0.15, 0.2) is 0 Å². The van der Waals surface area contributed by atoms with Crippen molar-refractivity contribution in [1.82, 2.24) is 0 Å². The van der Waals surface area contributed by atoms with Crippen molar-refractivity contribution in [2.45, 2.75) is 6.61 Å². The fourth-order valence-electron chi connectivity index (χ4n) is 0.976. The lowest BCUT2D eigenvalue weighted by molar-refractivity contribution is -0.385. The highest BCUT2D eigenvalue weighted by atomic mass is 79.9. The van der Waals surface area contributed by atoms with Gasteiger partial charge < -0.3 is 10.5 Å². The second-order valence-electron chi connectivity index (χ2n) is 2.48. The Morgan fingerprint density at radius 1 is 1.53 bits per heavy atom. The molecular weight excluding hydrogens is 278 g/mol. The molecule has 0 bridgehead atoms. The number of halogens is 3. The number of hydrogen-bond acceptors (Lipinski definition) is 4. The number of rotatable bonds is 3. The molecule has 0 radical (unpaired) electrons. The van der Waals surface area contributed by atoms with Crippen LogP contribution in [0, 0.1) is 10.1 Å². The number of alkyl halides is 2. The van der Waals surface area contributed by atoms with Gasteiger partial charge in [-0.15, -0.1) is 0 Å². The van der Waals surface area contributed by atoms with Crippen LogP contribution in [0.1, 0.15) is 0 Å². The Morgan fingerprint density at radius 2 is 2.13 bits per heavy atom. The number of ether oxygens (including phenoxy) is 1. The average molecular weight is 283 g/mol. The van der Waals surface area contributed by atoms with E-state index in [2.05, 4.69) is 20.7 Å². The SMILES string of the molecule is Nc1cc(Br)cc(OC(F)F)c1[N+](=O)[O-]. The lowest BCUT2D eigenvalue weighted by Crippen LogP contribution is -2.06. The first-order valence-electron chi connectivity index (χ1n) is 3.60. The molecule has 0 aliphatic carbocycles. The molecule has 0 aromatic heterocycles. The minimum absolute atomic E-state index is 0.245. The lowest BCUT2D eigenvalue weighted by Gasteiger charge is -2.07. The summed E-state index contributed by atoms with van der Waals surface area (Å²) in [5, 5.41) is 10.5. The fraction of sp³-hybridized carbons (Fsp3) is 0.143. The monoisotopic (exact) mass is 282 g/mol. The predicted molar refractivity (Wildman–Crippen MR) is 51.8 cm³/mol. The zero-order valence-electron chi connectivity index (χ0n) is 7.12. The summed E-state index contributed by atoms with van der Waals surface area (Å²) in [5.41, 5.74) is 4.39. The summed E-state index contributed by atoms with van der Waals surface area (Å²) in [6.45, 7) is -3.14. The van der Waals surface area contributed by atoms with E-state index in [1.165, 1.54) is 6.07 Å². The van der Waals surface area contributed by atoms with Gasteiger partial charge in [-0.25, -0.2) is 0 Å². The molecule has 5 nitrogen and oxygen atoms in total. The summed E-state index contributed by atoms with van der Waals surface area (Å²) in [5.74, 6) is -0.568. The number of nitro groups is 1. The Balaban J connectivity index is 3.27. The quantitative estimate of drug-likeness (QED) is 0.525. The van der Waals surface area contributed by atoms with Gasteiger partial charge in [0.05, 0.1) is 4.92 Å². The van der Waals surface area contributed by atoms with Gasteiger partial charge in [0.2, 0.25) is 5.75 Å². The van der Waals surface area contributed by atoms with Crippen LogP contribution in [-0.2, 0) is 0 Å². The van der Waals surface area contributed by atoms with Crippen LogP contribution >= 0.6 is 15.9 Å². The molecule has 82 valence electrons. The van der Waals surface area contributed by atoms with E-state index in [9.17, 15) is 18.9 Å². The van der Waals surface area contributed by atoms with E-state index in [-0.39, 0.29) is 5.69 Å². The number of benzene rings is 1. The Hall–Kier alpha value is -1.44. The third kappa shape index (κ3) is 2.75. The minimum Gasteiger partial charge on any atom is -0.427 e. The summed E-state index contributed by atoms with van der Waals surface area (Å²) in [6.07, 6.45) is 0. The summed E-state index contributed by atoms with van der Waals surface area (Å²) < 4.78 is 28.2. The van der Waals surface area contributed by atoms with Crippen molar-refractivity contribution in [2.75, 3.05) is 5.73 Å². The van der Waals surface area contributed by atoms with Crippen LogP contribution in [0.3, 0.4) is 0 Å². The van der Waals surface area contributed by atoms with E-state index in [0.717, 1.165) is 6.07 Å². The first-order valence-corrected chi connectivity index (χ1v) is 4.39. The molecule has 1 aromatic carbocycles. The van der Waals surface area contributed by atoms with Gasteiger partial charge in [-0.1, -0.05) is 15.9 Å². The molecule has 0 aliphatic heterocycles. The normalized spacial score (nSPS) is 10.4. The Labute approximate surface area is 91.1 Å². The number of hydrogen-bond donors (Lipinski definition) is 1. The fourth-order valence-corrected chi connectivity index (χ4v) is 1.43. The molecule has 0 heterocycles. The van der Waals surface area contributed by atoms with E-state index >= 15 is 0 Å². The lowest BCUT2D eigenvalue weighted by atomic mass is 10.2. The average Bonchev–Trinajstić information content (AvgIpc) is 1.99. The van der Waals surface area contributed by atoms with Crippen LogP contribution in [0.5, 0.6) is 5.75 Å². The maximum atomic E-state index is 11.9. The Morgan fingerprint density at radius 3 is 2.60 bits per heavy atom. The molecule has 0 spiro atoms. The summed E-state index contributed by atoms with van der Waals surface area (Å²) in [6, 6.07) is 2.29. The standard InChI is InChI=1S/C7H5BrF2N2O3/c8-3-1-4(11)6(12(13)14)5(2-3)15-7(9)10/h1-2,7H,11H2. The van der Waals surface area contributed by atoms with Crippen molar-refractivity contribution in [3.8, 4) is 5.75 Å². The maximum Gasteiger partial charge on any atom is 0.387 e. The molecule has 0 atom stereocenters. The highest BCUT2D eigenvalue weighted by Crippen LogP contribution is 2.36. The molecule has 0 unspecified atom stereocenters. The molecule has 0 saturated carbocycles. The van der Waals surface area contributed by atoms with Gasteiger partial charge in [-0.3, -0.25) is 10.1 Å². The molecule has 1 aromatic rings. The van der Waals surface area contributed by atoms with E-state index in [4.69, 9.17) is 5.73 Å². The smallest absolute Gasteiger partial charge is 0.387 e. The van der Waals surface area contributed by atoms with Crippen LogP contribution in [0.2, 0.25) is 0 Å². The molecule has 0 aliphatic rings. The van der Waals surface area contributed by atoms with Gasteiger partial charge in [0, 0.05) is 10.5 Å². The molecule has 0 saturated heterocycles. The van der Waals surface area contributed by atoms with Crippen LogP contribution in [-0.4, -0.2) is 11.5 Å². The molecule has 0 fully saturated rings. The zero-order valence-corrected chi connectivity index (χ0v) is 8.70. The molecule has 0 amide bonds. The molecule has 2 N–H and O–H groups in total. The van der Waals surface area contributed by atoms with Crippen molar-refractivity contribution in [3.63, 3.8) is 0 Å². The molecule has 15 heavy (non-hydrogen) atoms. The Bertz CT molecular complexity index is 400. The van der Waals surface area contributed by atoms with Gasteiger partial charge in [0.1, 0.15) is 5.69 Å². The number of nitrogen functional groups attached to an aromatic ring is 1. The molecule has 1 rings (SSSR count). The number of nitrogens with two attached hydrogens (primary N) is 1. The van der Waals surface area contributed by atoms with E-state index in [1.54, 1.807) is 0 Å². The third-order valence-corrected chi connectivity index (χ3v) is 1.93. The largest absolute Gasteiger partial charge is 0.427 e. The summed E-state index contributed by atoms with van der Waals surface area (Å²) >= 11 is 2.96. The van der Waals surface area contributed by atoms with Crippen molar-refractivity contribution < 1.29 is 18.4 Å². The van der Waals surface area contributed by atoms with Crippen molar-refractivity contribution in [2.24, 2.45) is 0 Å². The number of nitrogens with zero attached hydrogens (tertiary/aromatic N) is 1. The van der Waals surface area contributed by atoms with E-state index in [0.29, 0.717) is 4.47 Å². The van der Waals surface area contributed by atoms with Crippen LogP contribution in [0.15, 0.2) is 16.6 Å². The number of nitro benzene ring substituents is 1. The molecule has 8 heteroatoms. The van der Waals surface area contributed by atoms with E-state index < -0.39 is 23.0 Å². The Kier molecular flexibility index (Phi) is 3.40. The summed E-state index contributed by atoms with van der Waals surface area (Å²) in [4.78, 5) is 9.65. The van der Waals surface area contributed by atoms with E-state index in [1.807, 2.05) is 0 Å². The first kappa shape index (κ1) is 11.6. The first-order chi connectivity index (χ1) is 6.91. The van der Waals surface area contributed by atoms with Crippen molar-refractivity contribution in [1.29, 1.82) is 0 Å². The second-order valence-corrected chi connectivity index (χ2v) is 3.39. The maximum absolute atomic E-state index is 11.9. The minimum atomic E-state index is -3.14. The highest BCUT2D eigenvalue weighted by Gasteiger charge is 2.22. The second kappa shape index (κ2) is 4.39. The molecular formula is C7H5BrF2N2O3. The van der Waals surface area contributed by atoms with Crippen molar-refractivity contribution in [3.05, 3.63) is 26.7 Å². The van der Waals surface area contributed by atoms with Crippen LogP contribution < -0.4 is 10.5 Å². The van der Waals surface area contributed by atoms with Gasteiger partial charge in [0.25, 0.3) is 0 Å². The van der Waals surface area contributed by atoms with Crippen molar-refractivity contribution >= 4 is 27.3 Å². The van der Waals surface area contributed by atoms with Gasteiger partial charge in [-0.05, 0) is 6.07 Å². The topological polar surface area (TPSA) is 78.4 Å². The van der Waals surface area contributed by atoms with Gasteiger partial charge in [-0.2, -0.15) is 8.78 Å².